The molecule has 3 rings (SSSR count). The van der Waals surface area contributed by atoms with Crippen LogP contribution in [0, 0.1) is 11.7 Å². The fourth-order valence-corrected chi connectivity index (χ4v) is 3.62. The third kappa shape index (κ3) is 7.10. The first-order valence-electron chi connectivity index (χ1n) is 9.86. The first-order chi connectivity index (χ1) is 13.1. The van der Waals surface area contributed by atoms with Gasteiger partial charge in [-0.2, -0.15) is 0 Å². The van der Waals surface area contributed by atoms with Crippen molar-refractivity contribution in [1.29, 1.82) is 0 Å². The maximum atomic E-state index is 13.2. The summed E-state index contributed by atoms with van der Waals surface area (Å²) in [5, 5.41) is 3.02. The highest BCUT2D eigenvalue weighted by atomic mass is 35.5. The van der Waals surface area contributed by atoms with Crippen LogP contribution in [0.1, 0.15) is 44.9 Å². The molecule has 0 spiro atoms. The number of aromatic amines is 1. The lowest BCUT2D eigenvalue weighted by Gasteiger charge is -2.33. The minimum atomic E-state index is -0.279. The molecule has 1 aliphatic carbocycles. The van der Waals surface area contributed by atoms with E-state index in [1.807, 2.05) is 0 Å². The van der Waals surface area contributed by atoms with Crippen molar-refractivity contribution in [2.24, 2.45) is 11.7 Å². The topological polar surface area (TPSA) is 93.0 Å². The molecule has 1 aliphatic rings. The molecule has 0 saturated heterocycles. The molecule has 0 aliphatic heterocycles. The lowest BCUT2D eigenvalue weighted by atomic mass is 9.83. The summed E-state index contributed by atoms with van der Waals surface area (Å²) in [5.74, 6) is 0.583. The molecule has 29 heavy (non-hydrogen) atoms. The lowest BCUT2D eigenvalue weighted by Crippen LogP contribution is -2.46. The maximum Gasteiger partial charge on any atom is 0.223 e. The molecule has 1 heterocycles. The number of carbonyl (C=O) groups excluding carboxylic acids is 1. The zero-order chi connectivity index (χ0) is 19.2. The van der Waals surface area contributed by atoms with Gasteiger partial charge in [0, 0.05) is 31.5 Å². The number of carbonyl (C=O) groups is 1. The van der Waals surface area contributed by atoms with Gasteiger partial charge in [0.1, 0.15) is 11.6 Å². The van der Waals surface area contributed by atoms with Gasteiger partial charge in [-0.15, -0.1) is 24.8 Å². The number of hydrogen-bond donors (Lipinski definition) is 3. The number of imidazole rings is 1. The van der Waals surface area contributed by atoms with Gasteiger partial charge >= 0.3 is 0 Å². The van der Waals surface area contributed by atoms with E-state index in [9.17, 15) is 9.18 Å². The number of hydrogen-bond acceptors (Lipinski definition) is 4. The first kappa shape index (κ1) is 25.6. The van der Waals surface area contributed by atoms with Gasteiger partial charge in [0.25, 0.3) is 0 Å². The molecule has 1 amide bonds. The number of aryl methyl sites for hydroxylation is 1. The third-order valence-corrected chi connectivity index (χ3v) is 5.13. The van der Waals surface area contributed by atoms with Gasteiger partial charge in [-0.25, -0.2) is 9.37 Å². The molecule has 1 saturated carbocycles. The van der Waals surface area contributed by atoms with Crippen molar-refractivity contribution >= 4 is 41.8 Å². The number of rotatable bonds is 8. The van der Waals surface area contributed by atoms with Crippen LogP contribution in [-0.4, -0.2) is 41.2 Å². The molecule has 4 N–H and O–H groups in total. The number of ether oxygens (including phenoxy) is 1. The fourth-order valence-electron chi connectivity index (χ4n) is 3.62. The van der Waals surface area contributed by atoms with Gasteiger partial charge in [0.2, 0.25) is 5.91 Å². The van der Waals surface area contributed by atoms with Crippen LogP contribution in [0.15, 0.2) is 18.2 Å². The number of aromatic nitrogens is 2. The molecule has 0 unspecified atom stereocenters. The summed E-state index contributed by atoms with van der Waals surface area (Å²) in [6, 6.07) is 4.54. The van der Waals surface area contributed by atoms with Crippen LogP contribution in [0.5, 0.6) is 0 Å². The van der Waals surface area contributed by atoms with Crippen molar-refractivity contribution in [2.45, 2.75) is 57.6 Å². The number of nitrogens with two attached hydrogens (primary N) is 1. The number of H-pyrrole nitrogens is 1. The van der Waals surface area contributed by atoms with Crippen LogP contribution in [-0.2, 0) is 16.0 Å². The van der Waals surface area contributed by atoms with Crippen LogP contribution < -0.4 is 11.1 Å². The van der Waals surface area contributed by atoms with E-state index in [0.717, 1.165) is 37.0 Å². The average molecular weight is 449 g/mol. The van der Waals surface area contributed by atoms with Crippen molar-refractivity contribution in [1.82, 2.24) is 15.3 Å². The van der Waals surface area contributed by atoms with Gasteiger partial charge < -0.3 is 20.8 Å². The molecular weight excluding hydrogens is 418 g/mol. The summed E-state index contributed by atoms with van der Waals surface area (Å²) in [5.41, 5.74) is 7.58. The van der Waals surface area contributed by atoms with Crippen molar-refractivity contribution in [3.8, 4) is 0 Å². The number of fused-ring (bicyclic) bond motifs is 1. The largest absolute Gasteiger partial charge is 0.377 e. The van der Waals surface area contributed by atoms with E-state index in [0.29, 0.717) is 31.5 Å². The summed E-state index contributed by atoms with van der Waals surface area (Å²) in [6.45, 7) is 3.35. The van der Waals surface area contributed by atoms with E-state index in [-0.39, 0.29) is 54.6 Å². The summed E-state index contributed by atoms with van der Waals surface area (Å²) in [4.78, 5) is 20.0. The van der Waals surface area contributed by atoms with Crippen molar-refractivity contribution in [3.63, 3.8) is 0 Å². The average Bonchev–Trinajstić information content (AvgIpc) is 3.06. The Morgan fingerprint density at radius 2 is 2.17 bits per heavy atom. The van der Waals surface area contributed by atoms with Crippen LogP contribution in [0.25, 0.3) is 11.0 Å². The van der Waals surface area contributed by atoms with Crippen molar-refractivity contribution in [2.75, 3.05) is 13.2 Å². The smallest absolute Gasteiger partial charge is 0.223 e. The molecular formula is C20H31Cl2FN4O2. The maximum absolute atomic E-state index is 13.2. The van der Waals surface area contributed by atoms with E-state index in [1.54, 1.807) is 6.07 Å². The lowest BCUT2D eigenvalue weighted by molar-refractivity contribution is -0.128. The Hall–Kier alpha value is -1.41. The van der Waals surface area contributed by atoms with E-state index in [4.69, 9.17) is 10.5 Å². The van der Waals surface area contributed by atoms with Crippen LogP contribution in [0.2, 0.25) is 0 Å². The number of benzene rings is 1. The number of nitrogens with one attached hydrogen (secondary N) is 2. The standard InChI is InChI=1S/C20H29FN4O2.2ClH/c1-2-10-27-18-11-13(5-7-15(18)22)20(26)23-9-3-4-19-24-16-8-6-14(21)12-17(16)25-19;;/h6,8,12-13,15,18H,2-5,7,9-11,22H2,1H3,(H,23,26)(H,24,25);2*1H/t13-,15-,18-;;/m0../s1. The summed E-state index contributed by atoms with van der Waals surface area (Å²) >= 11 is 0. The van der Waals surface area contributed by atoms with Crippen molar-refractivity contribution in [3.05, 3.63) is 29.8 Å². The Balaban J connectivity index is 0.00000210. The molecule has 0 radical (unpaired) electrons. The molecule has 1 aromatic heterocycles. The second kappa shape index (κ2) is 12.3. The van der Waals surface area contributed by atoms with E-state index in [2.05, 4.69) is 22.2 Å². The minimum absolute atomic E-state index is 0. The molecule has 1 fully saturated rings. The molecule has 1 aromatic carbocycles. The van der Waals surface area contributed by atoms with Crippen LogP contribution in [0.4, 0.5) is 4.39 Å². The normalized spacial score (nSPS) is 21.3. The highest BCUT2D eigenvalue weighted by molar-refractivity contribution is 5.85. The SMILES string of the molecule is CCCO[C@H]1C[C@@H](C(=O)NCCCc2nc3ccc(F)cc3[nH]2)CC[C@@H]1N.Cl.Cl. The Labute approximate surface area is 183 Å². The van der Waals surface area contributed by atoms with E-state index in [1.165, 1.54) is 12.1 Å². The Kier molecular flexibility index (Phi) is 10.9. The Morgan fingerprint density at radius 3 is 2.93 bits per heavy atom. The molecule has 0 bridgehead atoms. The first-order valence-corrected chi connectivity index (χ1v) is 9.86. The summed E-state index contributed by atoms with van der Waals surface area (Å²) in [7, 11) is 0. The molecule has 3 atom stereocenters. The predicted molar refractivity (Wildman–Crippen MR) is 117 cm³/mol. The van der Waals surface area contributed by atoms with Crippen molar-refractivity contribution < 1.29 is 13.9 Å². The fraction of sp³-hybridized carbons (Fsp3) is 0.600. The van der Waals surface area contributed by atoms with Gasteiger partial charge in [-0.3, -0.25) is 4.79 Å². The second-order valence-corrected chi connectivity index (χ2v) is 7.32. The van der Waals surface area contributed by atoms with Crippen LogP contribution in [0.3, 0.4) is 0 Å². The molecule has 6 nitrogen and oxygen atoms in total. The van der Waals surface area contributed by atoms with E-state index < -0.39 is 0 Å². The summed E-state index contributed by atoms with van der Waals surface area (Å²) < 4.78 is 19.0. The second-order valence-electron chi connectivity index (χ2n) is 7.32. The monoisotopic (exact) mass is 448 g/mol. The highest BCUT2D eigenvalue weighted by Crippen LogP contribution is 2.26. The molecule has 2 aromatic rings. The van der Waals surface area contributed by atoms with E-state index >= 15 is 0 Å². The molecule has 164 valence electrons. The van der Waals surface area contributed by atoms with Gasteiger partial charge in [0.05, 0.1) is 17.1 Å². The quantitative estimate of drug-likeness (QED) is 0.538. The zero-order valence-corrected chi connectivity index (χ0v) is 18.3. The Bertz CT molecular complexity index is 774. The zero-order valence-electron chi connectivity index (χ0n) is 16.7. The van der Waals surface area contributed by atoms with Crippen LogP contribution >= 0.6 is 24.8 Å². The number of halogens is 3. The van der Waals surface area contributed by atoms with Gasteiger partial charge in [0.15, 0.2) is 0 Å². The number of nitrogens with zero attached hydrogens (tertiary/aromatic N) is 1. The predicted octanol–water partition coefficient (Wildman–Crippen LogP) is 3.52. The van der Waals surface area contributed by atoms with Gasteiger partial charge in [-0.1, -0.05) is 6.92 Å². The highest BCUT2D eigenvalue weighted by Gasteiger charge is 2.32. The number of amides is 1. The third-order valence-electron chi connectivity index (χ3n) is 5.13. The molecule has 9 heteroatoms. The summed E-state index contributed by atoms with van der Waals surface area (Å²) in [6.07, 6.45) is 4.74. The minimum Gasteiger partial charge on any atom is -0.377 e. The van der Waals surface area contributed by atoms with Gasteiger partial charge in [-0.05, 0) is 50.3 Å². The Morgan fingerprint density at radius 1 is 1.38 bits per heavy atom.